The summed E-state index contributed by atoms with van der Waals surface area (Å²) < 4.78 is 0.0703. The molecule has 1 saturated heterocycles. The van der Waals surface area contributed by atoms with Gasteiger partial charge < -0.3 is 10.1 Å². The fourth-order valence-corrected chi connectivity index (χ4v) is 8.27. The lowest BCUT2D eigenvalue weighted by molar-refractivity contribution is -0.138. The smallest absolute Gasteiger partial charge is 0.253 e. The van der Waals surface area contributed by atoms with Crippen LogP contribution in [0, 0.1) is 23.2 Å². The molecule has 2 N–H and O–H groups in total. The van der Waals surface area contributed by atoms with Crippen LogP contribution in [0.2, 0.25) is 0 Å². The Hall–Kier alpha value is -2.58. The number of amides is 2. The number of fused-ring (bicyclic) bond motifs is 1. The summed E-state index contributed by atoms with van der Waals surface area (Å²) in [6, 6.07) is 3.94. The van der Waals surface area contributed by atoms with Crippen molar-refractivity contribution in [2.75, 3.05) is 19.6 Å². The number of carbonyl (C=O) groups is 3. The number of phenolic OH excluding ortho intramolecular Hbond substituents is 1. The van der Waals surface area contributed by atoms with Crippen molar-refractivity contribution in [3.8, 4) is 5.75 Å². The Morgan fingerprint density at radius 2 is 1.64 bits per heavy atom. The second kappa shape index (κ2) is 13.0. The van der Waals surface area contributed by atoms with Crippen LogP contribution in [0.4, 0.5) is 0 Å². The van der Waals surface area contributed by atoms with Gasteiger partial charge in [-0.05, 0) is 86.4 Å². The highest BCUT2D eigenvalue weighted by Gasteiger charge is 2.32. The van der Waals surface area contributed by atoms with Crippen LogP contribution in [0.1, 0.15) is 97.6 Å². The normalized spacial score (nSPS) is 23.4. The molecule has 1 atom stereocenters. The topological polar surface area (TPSA) is 93.7 Å². The van der Waals surface area contributed by atoms with Crippen LogP contribution in [0.15, 0.2) is 29.3 Å². The highest BCUT2D eigenvalue weighted by atomic mass is 32.2. The first-order chi connectivity index (χ1) is 20.7. The second-order valence-electron chi connectivity index (χ2n) is 15.6. The first-order valence-corrected chi connectivity index (χ1v) is 17.3. The van der Waals surface area contributed by atoms with E-state index in [-0.39, 0.29) is 27.9 Å². The monoisotopic (exact) mass is 621 g/mol. The third kappa shape index (κ3) is 7.97. The Labute approximate surface area is 267 Å². The van der Waals surface area contributed by atoms with E-state index >= 15 is 0 Å². The SMILES string of the molecule is CC(C)(C)Cc1c(SC(C)(C)C)[nH]c2c(CN3CC[C@H](CCC(=O)C4CCC(CN5C(=O)C=CC5=O)CC4)C3)c(O)ccc12. The van der Waals surface area contributed by atoms with Crippen LogP contribution in [0.25, 0.3) is 10.9 Å². The molecule has 1 aliphatic carbocycles. The molecule has 3 heterocycles. The number of likely N-dealkylation sites (tertiary alicyclic amines) is 1. The number of ketones is 1. The van der Waals surface area contributed by atoms with Gasteiger partial charge in [0, 0.05) is 59.8 Å². The maximum absolute atomic E-state index is 13.1. The van der Waals surface area contributed by atoms with E-state index in [4.69, 9.17) is 0 Å². The first kappa shape index (κ1) is 32.8. The Kier molecular flexibility index (Phi) is 9.72. The minimum absolute atomic E-state index is 0.0703. The molecule has 2 amide bonds. The van der Waals surface area contributed by atoms with Gasteiger partial charge in [-0.15, -0.1) is 11.8 Å². The number of thioether (sulfide) groups is 1. The van der Waals surface area contributed by atoms with Crippen molar-refractivity contribution in [2.45, 2.75) is 109 Å². The van der Waals surface area contributed by atoms with Gasteiger partial charge in [-0.2, -0.15) is 0 Å². The fraction of sp³-hybridized carbons (Fsp3) is 0.639. The van der Waals surface area contributed by atoms with E-state index in [1.807, 2.05) is 17.8 Å². The molecule has 2 aliphatic heterocycles. The van der Waals surface area contributed by atoms with Crippen molar-refractivity contribution in [1.82, 2.24) is 14.8 Å². The van der Waals surface area contributed by atoms with Crippen molar-refractivity contribution in [3.63, 3.8) is 0 Å². The number of nitrogens with one attached hydrogen (secondary N) is 1. The third-order valence-electron chi connectivity index (χ3n) is 9.44. The van der Waals surface area contributed by atoms with Crippen LogP contribution in [0.3, 0.4) is 0 Å². The molecule has 1 saturated carbocycles. The van der Waals surface area contributed by atoms with E-state index in [1.165, 1.54) is 33.0 Å². The lowest BCUT2D eigenvalue weighted by atomic mass is 9.78. The number of hydrogen-bond donors (Lipinski definition) is 2. The zero-order chi connectivity index (χ0) is 31.8. The third-order valence-corrected chi connectivity index (χ3v) is 10.6. The fourth-order valence-electron chi connectivity index (χ4n) is 7.20. The van der Waals surface area contributed by atoms with E-state index in [0.29, 0.717) is 42.9 Å². The number of aromatic nitrogens is 1. The van der Waals surface area contributed by atoms with Crippen LogP contribution < -0.4 is 0 Å². The van der Waals surface area contributed by atoms with Gasteiger partial charge in [0.2, 0.25) is 0 Å². The number of benzene rings is 1. The number of aromatic hydroxyl groups is 1. The van der Waals surface area contributed by atoms with Crippen molar-refractivity contribution >= 4 is 40.3 Å². The molecule has 0 radical (unpaired) electrons. The molecule has 7 nitrogen and oxygen atoms in total. The molecule has 0 spiro atoms. The number of imide groups is 1. The molecule has 5 rings (SSSR count). The van der Waals surface area contributed by atoms with Crippen molar-refractivity contribution in [2.24, 2.45) is 23.2 Å². The van der Waals surface area contributed by atoms with Crippen molar-refractivity contribution in [1.29, 1.82) is 0 Å². The largest absolute Gasteiger partial charge is 0.508 e. The molecule has 8 heteroatoms. The number of phenols is 1. The summed E-state index contributed by atoms with van der Waals surface area (Å²) in [6.07, 6.45) is 9.78. The summed E-state index contributed by atoms with van der Waals surface area (Å²) in [4.78, 5) is 44.4. The quantitative estimate of drug-likeness (QED) is 0.214. The number of Topliss-reactive ketones (excluding diaryl/α,β-unsaturated/α-hetero) is 1. The van der Waals surface area contributed by atoms with Crippen LogP contribution in [-0.4, -0.2) is 61.9 Å². The molecule has 2 fully saturated rings. The van der Waals surface area contributed by atoms with E-state index in [9.17, 15) is 19.5 Å². The molecule has 1 aromatic heterocycles. The molecule has 1 aromatic carbocycles. The minimum atomic E-state index is -0.215. The molecule has 0 bridgehead atoms. The van der Waals surface area contributed by atoms with Crippen molar-refractivity contribution < 1.29 is 19.5 Å². The molecule has 3 aliphatic rings. The van der Waals surface area contributed by atoms with Gasteiger partial charge in [0.15, 0.2) is 0 Å². The van der Waals surface area contributed by atoms with E-state index < -0.39 is 0 Å². The Morgan fingerprint density at radius 1 is 0.955 bits per heavy atom. The highest BCUT2D eigenvalue weighted by molar-refractivity contribution is 8.00. The molecule has 0 unspecified atom stereocenters. The van der Waals surface area contributed by atoms with E-state index in [1.54, 1.807) is 0 Å². The Morgan fingerprint density at radius 3 is 2.27 bits per heavy atom. The summed E-state index contributed by atoms with van der Waals surface area (Å²) >= 11 is 1.87. The zero-order valence-electron chi connectivity index (χ0n) is 27.5. The lowest BCUT2D eigenvalue weighted by Gasteiger charge is -2.30. The molecular formula is C36H51N3O4S. The summed E-state index contributed by atoms with van der Waals surface area (Å²) in [6.45, 7) is 16.6. The van der Waals surface area contributed by atoms with Crippen LogP contribution in [0.5, 0.6) is 5.75 Å². The molecule has 44 heavy (non-hydrogen) atoms. The minimum Gasteiger partial charge on any atom is -0.508 e. The number of aromatic amines is 1. The molecule has 240 valence electrons. The van der Waals surface area contributed by atoms with Crippen LogP contribution >= 0.6 is 11.8 Å². The second-order valence-corrected chi connectivity index (χ2v) is 17.4. The van der Waals surface area contributed by atoms with Crippen molar-refractivity contribution in [3.05, 3.63) is 35.4 Å². The van der Waals surface area contributed by atoms with Gasteiger partial charge in [0.1, 0.15) is 11.5 Å². The van der Waals surface area contributed by atoms with Gasteiger partial charge in [-0.25, -0.2) is 0 Å². The van der Waals surface area contributed by atoms with Gasteiger partial charge in [0.25, 0.3) is 11.8 Å². The maximum atomic E-state index is 13.1. The average molecular weight is 622 g/mol. The maximum Gasteiger partial charge on any atom is 0.253 e. The summed E-state index contributed by atoms with van der Waals surface area (Å²) in [7, 11) is 0. The predicted octanol–water partition coefficient (Wildman–Crippen LogP) is 7.26. The van der Waals surface area contributed by atoms with E-state index in [0.717, 1.165) is 69.1 Å². The predicted molar refractivity (Wildman–Crippen MR) is 178 cm³/mol. The standard InChI is InChI=1S/C36H51N3O4S/c1-35(2,3)19-27-26-12-14-30(41)28(33(26)37-34(27)44-36(4,5)6)22-38-18-17-24(20-38)9-13-29(40)25-10-7-23(8-11-25)21-39-31(42)15-16-32(39)43/h12,14-16,23-25,37,41H,7-11,13,17-22H2,1-6H3/t23?,24-,25?/m0/s1. The number of carbonyl (C=O) groups excluding carboxylic acids is 3. The zero-order valence-corrected chi connectivity index (χ0v) is 28.3. The van der Waals surface area contributed by atoms with Gasteiger partial charge in [0.05, 0.1) is 10.5 Å². The van der Waals surface area contributed by atoms with Crippen LogP contribution in [-0.2, 0) is 27.3 Å². The highest BCUT2D eigenvalue weighted by Crippen LogP contribution is 2.42. The summed E-state index contributed by atoms with van der Waals surface area (Å²) in [5.41, 5.74) is 3.52. The van der Waals surface area contributed by atoms with Gasteiger partial charge >= 0.3 is 0 Å². The van der Waals surface area contributed by atoms with Gasteiger partial charge in [-0.1, -0.05) is 41.5 Å². The van der Waals surface area contributed by atoms with Gasteiger partial charge in [-0.3, -0.25) is 24.2 Å². The first-order valence-electron chi connectivity index (χ1n) is 16.5. The summed E-state index contributed by atoms with van der Waals surface area (Å²) in [5.74, 6) is 1.18. The Bertz CT molecular complexity index is 1400. The number of rotatable bonds is 10. The van der Waals surface area contributed by atoms with E-state index in [2.05, 4.69) is 57.5 Å². The molecule has 2 aromatic rings. The lowest BCUT2D eigenvalue weighted by Crippen LogP contribution is -2.36. The molecular weight excluding hydrogens is 570 g/mol. The Balaban J connectivity index is 1.15. The average Bonchev–Trinajstić information content (AvgIpc) is 3.61. The summed E-state index contributed by atoms with van der Waals surface area (Å²) in [5, 5.41) is 13.4. The number of nitrogens with zero attached hydrogens (tertiary/aromatic N) is 2. The number of H-pyrrole nitrogens is 1. The number of hydrogen-bond acceptors (Lipinski definition) is 6.